The molecule has 6 heteroatoms. The number of aromatic nitrogens is 2. The first-order valence-electron chi connectivity index (χ1n) is 11.2. The molecule has 2 aliphatic rings. The Morgan fingerprint density at radius 3 is 2.53 bits per heavy atom. The van der Waals surface area contributed by atoms with Crippen molar-refractivity contribution in [3.8, 4) is 5.75 Å². The van der Waals surface area contributed by atoms with Gasteiger partial charge in [-0.25, -0.2) is 0 Å². The third kappa shape index (κ3) is 4.75. The summed E-state index contributed by atoms with van der Waals surface area (Å²) in [5, 5.41) is 12.3. The molecule has 5 rings (SSSR count). The Labute approximate surface area is 188 Å². The number of hydrogen-bond donors (Lipinski definition) is 2. The standard InChI is InChI=1S/C26H27N5O/c27-26(21-9-11-28-12-10-21)25(24-16-29-13-14-30-24)20-4-6-22(7-5-20)32-17-18-1-8-23(31-15-18)19-2-3-19/h1,4-12,15,19,25,27,29H,2-3,13-14,16-17H2. The van der Waals surface area contributed by atoms with E-state index in [9.17, 15) is 0 Å². The van der Waals surface area contributed by atoms with Crippen LogP contribution < -0.4 is 10.1 Å². The molecule has 3 aromatic rings. The van der Waals surface area contributed by atoms with Crippen molar-refractivity contribution in [2.24, 2.45) is 4.99 Å². The van der Waals surface area contributed by atoms with E-state index in [1.165, 1.54) is 18.5 Å². The average Bonchev–Trinajstić information content (AvgIpc) is 3.71. The minimum atomic E-state index is -0.196. The highest BCUT2D eigenvalue weighted by Crippen LogP contribution is 2.38. The molecule has 32 heavy (non-hydrogen) atoms. The minimum Gasteiger partial charge on any atom is -0.489 e. The van der Waals surface area contributed by atoms with Gasteiger partial charge in [-0.2, -0.15) is 0 Å². The molecular weight excluding hydrogens is 398 g/mol. The van der Waals surface area contributed by atoms with Crippen LogP contribution in [-0.4, -0.2) is 41.0 Å². The molecular formula is C26H27N5O. The van der Waals surface area contributed by atoms with E-state index < -0.39 is 0 Å². The third-order valence-electron chi connectivity index (χ3n) is 5.98. The summed E-state index contributed by atoms with van der Waals surface area (Å²) in [6.45, 7) is 2.80. The van der Waals surface area contributed by atoms with Crippen LogP contribution in [0.2, 0.25) is 0 Å². The second-order valence-corrected chi connectivity index (χ2v) is 8.36. The Hall–Kier alpha value is -3.38. The van der Waals surface area contributed by atoms with Gasteiger partial charge in [0.1, 0.15) is 12.4 Å². The summed E-state index contributed by atoms with van der Waals surface area (Å²) in [7, 11) is 0. The lowest BCUT2D eigenvalue weighted by Gasteiger charge is -2.24. The van der Waals surface area contributed by atoms with Gasteiger partial charge in [0.25, 0.3) is 0 Å². The molecule has 3 heterocycles. The van der Waals surface area contributed by atoms with Gasteiger partial charge in [-0.15, -0.1) is 0 Å². The lowest BCUT2D eigenvalue weighted by Crippen LogP contribution is -2.37. The molecule has 1 saturated carbocycles. The van der Waals surface area contributed by atoms with Crippen LogP contribution in [0.15, 0.2) is 72.1 Å². The summed E-state index contributed by atoms with van der Waals surface area (Å²) in [6, 6.07) is 16.0. The lowest BCUT2D eigenvalue weighted by molar-refractivity contribution is 0.305. The van der Waals surface area contributed by atoms with E-state index in [-0.39, 0.29) is 5.92 Å². The fourth-order valence-electron chi connectivity index (χ4n) is 4.03. The first-order valence-corrected chi connectivity index (χ1v) is 11.2. The molecule has 162 valence electrons. The summed E-state index contributed by atoms with van der Waals surface area (Å²) in [5.74, 6) is 1.27. The Morgan fingerprint density at radius 1 is 1.06 bits per heavy atom. The van der Waals surface area contributed by atoms with Crippen molar-refractivity contribution >= 4 is 11.4 Å². The van der Waals surface area contributed by atoms with Crippen molar-refractivity contribution < 1.29 is 4.74 Å². The van der Waals surface area contributed by atoms with E-state index in [2.05, 4.69) is 27.4 Å². The zero-order valence-corrected chi connectivity index (χ0v) is 18.0. The number of ether oxygens (including phenoxy) is 1. The molecule has 0 spiro atoms. The molecule has 6 nitrogen and oxygen atoms in total. The summed E-state index contributed by atoms with van der Waals surface area (Å²) in [4.78, 5) is 13.4. The van der Waals surface area contributed by atoms with Crippen molar-refractivity contribution in [1.82, 2.24) is 15.3 Å². The van der Waals surface area contributed by atoms with E-state index in [1.807, 2.05) is 42.6 Å². The van der Waals surface area contributed by atoms with E-state index in [0.29, 0.717) is 24.8 Å². The van der Waals surface area contributed by atoms with Gasteiger partial charge in [-0.1, -0.05) is 18.2 Å². The number of hydrogen-bond acceptors (Lipinski definition) is 6. The Balaban J connectivity index is 1.31. The van der Waals surface area contributed by atoms with Gasteiger partial charge in [0, 0.05) is 54.6 Å². The van der Waals surface area contributed by atoms with Gasteiger partial charge in [0.05, 0.1) is 18.2 Å². The zero-order chi connectivity index (χ0) is 21.8. The summed E-state index contributed by atoms with van der Waals surface area (Å²) >= 11 is 0. The Kier molecular flexibility index (Phi) is 6.03. The maximum absolute atomic E-state index is 8.88. The van der Waals surface area contributed by atoms with Crippen molar-refractivity contribution in [1.29, 1.82) is 5.41 Å². The predicted molar refractivity (Wildman–Crippen MR) is 126 cm³/mol. The van der Waals surface area contributed by atoms with E-state index in [4.69, 9.17) is 15.1 Å². The quantitative estimate of drug-likeness (QED) is 0.532. The molecule has 1 aliphatic carbocycles. The normalized spacial score (nSPS) is 16.8. The predicted octanol–water partition coefficient (Wildman–Crippen LogP) is 4.13. The van der Waals surface area contributed by atoms with Gasteiger partial charge < -0.3 is 15.5 Å². The topological polar surface area (TPSA) is 83.2 Å². The number of rotatable bonds is 8. The largest absolute Gasteiger partial charge is 0.489 e. The van der Waals surface area contributed by atoms with E-state index in [0.717, 1.165) is 41.2 Å². The van der Waals surface area contributed by atoms with Gasteiger partial charge >= 0.3 is 0 Å². The first kappa shape index (κ1) is 20.5. The van der Waals surface area contributed by atoms with Gasteiger partial charge in [-0.05, 0) is 54.3 Å². The van der Waals surface area contributed by atoms with Gasteiger partial charge in [0.2, 0.25) is 0 Å². The number of nitrogens with one attached hydrogen (secondary N) is 2. The molecule has 0 radical (unpaired) electrons. The lowest BCUT2D eigenvalue weighted by atomic mass is 9.85. The number of pyridine rings is 2. The highest BCUT2D eigenvalue weighted by Gasteiger charge is 2.26. The fourth-order valence-corrected chi connectivity index (χ4v) is 4.03. The highest BCUT2D eigenvalue weighted by atomic mass is 16.5. The van der Waals surface area contributed by atoms with Crippen LogP contribution in [0, 0.1) is 5.41 Å². The maximum atomic E-state index is 8.88. The maximum Gasteiger partial charge on any atom is 0.119 e. The molecule has 0 saturated heterocycles. The molecule has 1 fully saturated rings. The number of benzene rings is 1. The van der Waals surface area contributed by atoms with Crippen molar-refractivity contribution in [3.63, 3.8) is 0 Å². The van der Waals surface area contributed by atoms with Crippen molar-refractivity contribution in [2.45, 2.75) is 31.3 Å². The molecule has 1 atom stereocenters. The third-order valence-corrected chi connectivity index (χ3v) is 5.98. The van der Waals surface area contributed by atoms with Crippen LogP contribution >= 0.6 is 0 Å². The second-order valence-electron chi connectivity index (χ2n) is 8.36. The Morgan fingerprint density at radius 2 is 1.88 bits per heavy atom. The van der Waals surface area contributed by atoms with Crippen LogP contribution in [0.3, 0.4) is 0 Å². The zero-order valence-electron chi connectivity index (χ0n) is 18.0. The van der Waals surface area contributed by atoms with Crippen LogP contribution in [0.1, 0.15) is 47.1 Å². The number of nitrogens with zero attached hydrogens (tertiary/aromatic N) is 3. The molecule has 2 N–H and O–H groups in total. The number of aliphatic imine (C=N–C) groups is 1. The smallest absolute Gasteiger partial charge is 0.119 e. The van der Waals surface area contributed by atoms with Crippen LogP contribution in [0.5, 0.6) is 5.75 Å². The second kappa shape index (κ2) is 9.40. The fraction of sp³-hybridized carbons (Fsp3) is 0.308. The first-order chi connectivity index (χ1) is 15.8. The van der Waals surface area contributed by atoms with Gasteiger partial charge in [0.15, 0.2) is 0 Å². The highest BCUT2D eigenvalue weighted by molar-refractivity contribution is 6.18. The van der Waals surface area contributed by atoms with E-state index in [1.54, 1.807) is 12.4 Å². The average molecular weight is 426 g/mol. The van der Waals surface area contributed by atoms with Crippen molar-refractivity contribution in [2.75, 3.05) is 19.6 Å². The summed E-state index contributed by atoms with van der Waals surface area (Å²) in [6.07, 6.45) is 7.90. The van der Waals surface area contributed by atoms with Crippen LogP contribution in [0.25, 0.3) is 0 Å². The van der Waals surface area contributed by atoms with E-state index >= 15 is 0 Å². The molecule has 1 aromatic carbocycles. The summed E-state index contributed by atoms with van der Waals surface area (Å²) in [5.41, 5.74) is 5.69. The molecule has 0 bridgehead atoms. The summed E-state index contributed by atoms with van der Waals surface area (Å²) < 4.78 is 5.99. The molecule has 1 unspecified atom stereocenters. The van der Waals surface area contributed by atoms with Crippen molar-refractivity contribution in [3.05, 3.63) is 89.5 Å². The van der Waals surface area contributed by atoms with Gasteiger partial charge in [-0.3, -0.25) is 15.0 Å². The molecule has 0 amide bonds. The monoisotopic (exact) mass is 425 g/mol. The molecule has 2 aromatic heterocycles. The van der Waals surface area contributed by atoms with Crippen LogP contribution in [0.4, 0.5) is 0 Å². The minimum absolute atomic E-state index is 0.196. The Bertz CT molecular complexity index is 1090. The van der Waals surface area contributed by atoms with Crippen LogP contribution in [-0.2, 0) is 6.61 Å². The SMILES string of the molecule is N=C(c1ccncc1)C(C1=NCCNC1)c1ccc(OCc2ccc(C3CC3)nc2)cc1. The molecule has 1 aliphatic heterocycles.